The van der Waals surface area contributed by atoms with Gasteiger partial charge in [-0.25, -0.2) is 9.97 Å². The second kappa shape index (κ2) is 6.89. The molecule has 1 aromatic carbocycles. The molecule has 0 saturated heterocycles. The molecular weight excluding hydrogens is 296 g/mol. The third kappa shape index (κ3) is 3.53. The van der Waals surface area contributed by atoms with Crippen LogP contribution in [0, 0.1) is 0 Å². The van der Waals surface area contributed by atoms with Crippen molar-refractivity contribution >= 4 is 22.5 Å². The molecule has 1 aliphatic rings. The van der Waals surface area contributed by atoms with Crippen LogP contribution in [0.2, 0.25) is 5.15 Å². The highest BCUT2D eigenvalue weighted by atomic mass is 35.5. The van der Waals surface area contributed by atoms with E-state index in [2.05, 4.69) is 9.97 Å². The van der Waals surface area contributed by atoms with Crippen LogP contribution in [0.15, 0.2) is 18.5 Å². The Balaban J connectivity index is 1.92. The van der Waals surface area contributed by atoms with Crippen molar-refractivity contribution in [1.82, 2.24) is 9.97 Å². The van der Waals surface area contributed by atoms with Crippen molar-refractivity contribution < 1.29 is 18.9 Å². The maximum absolute atomic E-state index is 6.09. The van der Waals surface area contributed by atoms with Crippen LogP contribution in [-0.2, 0) is 9.47 Å². The minimum atomic E-state index is 0.386. The van der Waals surface area contributed by atoms with E-state index in [9.17, 15) is 0 Å². The maximum atomic E-state index is 6.09. The molecule has 0 bridgehead atoms. The predicted octanol–water partition coefficient (Wildman–Crippen LogP) is 2.09. The molecule has 0 atom stereocenters. The van der Waals surface area contributed by atoms with Crippen LogP contribution in [0.3, 0.4) is 0 Å². The summed E-state index contributed by atoms with van der Waals surface area (Å²) in [6, 6.07) is 3.59. The van der Waals surface area contributed by atoms with Gasteiger partial charge in [0.25, 0.3) is 0 Å². The van der Waals surface area contributed by atoms with Crippen molar-refractivity contribution in [3.8, 4) is 11.5 Å². The first kappa shape index (κ1) is 14.3. The van der Waals surface area contributed by atoms with E-state index >= 15 is 0 Å². The van der Waals surface area contributed by atoms with Gasteiger partial charge in [-0.05, 0) is 6.07 Å². The van der Waals surface area contributed by atoms with Gasteiger partial charge in [0.1, 0.15) is 24.7 Å². The zero-order chi connectivity index (χ0) is 14.5. The number of halogens is 1. The van der Waals surface area contributed by atoms with E-state index in [-0.39, 0.29) is 0 Å². The SMILES string of the molecule is Clc1ncnc2cc3c(cc12)OCCOCCOCCO3. The molecular formula is C14H15ClN2O4. The molecule has 2 heterocycles. The molecule has 112 valence electrons. The minimum absolute atomic E-state index is 0.386. The molecule has 0 fully saturated rings. The smallest absolute Gasteiger partial charge is 0.163 e. The van der Waals surface area contributed by atoms with Crippen molar-refractivity contribution in [2.45, 2.75) is 0 Å². The number of ether oxygens (including phenoxy) is 4. The Hall–Kier alpha value is -1.63. The van der Waals surface area contributed by atoms with E-state index < -0.39 is 0 Å². The Morgan fingerprint density at radius 3 is 2.14 bits per heavy atom. The summed E-state index contributed by atoms with van der Waals surface area (Å²) in [5.74, 6) is 1.21. The lowest BCUT2D eigenvalue weighted by molar-refractivity contribution is 0.0224. The van der Waals surface area contributed by atoms with Crippen LogP contribution in [0.25, 0.3) is 10.9 Å². The van der Waals surface area contributed by atoms with Crippen LogP contribution in [0.4, 0.5) is 0 Å². The topological polar surface area (TPSA) is 62.7 Å². The number of fused-ring (bicyclic) bond motifs is 2. The largest absolute Gasteiger partial charge is 0.487 e. The molecule has 21 heavy (non-hydrogen) atoms. The third-order valence-electron chi connectivity index (χ3n) is 2.99. The van der Waals surface area contributed by atoms with E-state index in [1.165, 1.54) is 6.33 Å². The molecule has 1 aromatic heterocycles. The summed E-state index contributed by atoms with van der Waals surface area (Å²) < 4.78 is 22.2. The predicted molar refractivity (Wildman–Crippen MR) is 77.2 cm³/mol. The molecule has 6 nitrogen and oxygen atoms in total. The van der Waals surface area contributed by atoms with E-state index in [1.54, 1.807) is 12.1 Å². The first-order valence-electron chi connectivity index (χ1n) is 6.70. The molecule has 7 heteroatoms. The van der Waals surface area contributed by atoms with Crippen LogP contribution in [0.5, 0.6) is 11.5 Å². The quantitative estimate of drug-likeness (QED) is 0.694. The lowest BCUT2D eigenvalue weighted by atomic mass is 10.2. The average Bonchev–Trinajstić information content (AvgIpc) is 2.48. The Morgan fingerprint density at radius 1 is 0.810 bits per heavy atom. The Kier molecular flexibility index (Phi) is 4.69. The summed E-state index contributed by atoms with van der Waals surface area (Å²) in [6.45, 7) is 2.93. The monoisotopic (exact) mass is 310 g/mol. The van der Waals surface area contributed by atoms with E-state index in [4.69, 9.17) is 30.5 Å². The lowest BCUT2D eigenvalue weighted by Crippen LogP contribution is -2.15. The van der Waals surface area contributed by atoms with Gasteiger partial charge in [0.15, 0.2) is 11.5 Å². The first-order chi connectivity index (χ1) is 10.3. The van der Waals surface area contributed by atoms with Crippen LogP contribution in [-0.4, -0.2) is 49.6 Å². The van der Waals surface area contributed by atoms with Gasteiger partial charge in [-0.15, -0.1) is 0 Å². The van der Waals surface area contributed by atoms with Gasteiger partial charge in [-0.3, -0.25) is 0 Å². The van der Waals surface area contributed by atoms with Crippen LogP contribution < -0.4 is 9.47 Å². The number of hydrogen-bond donors (Lipinski definition) is 0. The van der Waals surface area contributed by atoms with Crippen molar-refractivity contribution in [2.75, 3.05) is 39.6 Å². The third-order valence-corrected chi connectivity index (χ3v) is 3.30. The normalized spacial score (nSPS) is 17.0. The van der Waals surface area contributed by atoms with Crippen molar-refractivity contribution in [1.29, 1.82) is 0 Å². The lowest BCUT2D eigenvalue weighted by Gasteiger charge is -2.15. The summed E-state index contributed by atoms with van der Waals surface area (Å²) in [6.07, 6.45) is 1.42. The summed E-state index contributed by atoms with van der Waals surface area (Å²) in [4.78, 5) is 8.16. The zero-order valence-electron chi connectivity index (χ0n) is 11.4. The Labute approximate surface area is 126 Å². The van der Waals surface area contributed by atoms with Gasteiger partial charge < -0.3 is 18.9 Å². The van der Waals surface area contributed by atoms with Crippen molar-refractivity contribution in [3.63, 3.8) is 0 Å². The van der Waals surface area contributed by atoms with Gasteiger partial charge in [-0.2, -0.15) is 0 Å². The summed E-state index contributed by atoms with van der Waals surface area (Å²) in [7, 11) is 0. The standard InChI is InChI=1S/C14H15ClN2O4/c15-14-10-7-12-13(8-11(10)16-9-17-14)21-6-4-19-2-1-18-3-5-20-12/h7-9H,1-6H2. The zero-order valence-corrected chi connectivity index (χ0v) is 12.1. The fourth-order valence-corrected chi connectivity index (χ4v) is 2.20. The molecule has 0 unspecified atom stereocenters. The highest BCUT2D eigenvalue weighted by Gasteiger charge is 2.12. The van der Waals surface area contributed by atoms with Gasteiger partial charge in [0.2, 0.25) is 0 Å². The molecule has 0 aliphatic carbocycles. The fourth-order valence-electron chi connectivity index (χ4n) is 2.00. The number of aromatic nitrogens is 2. The van der Waals surface area contributed by atoms with Crippen molar-refractivity contribution in [3.05, 3.63) is 23.6 Å². The van der Waals surface area contributed by atoms with Crippen molar-refractivity contribution in [2.24, 2.45) is 0 Å². The molecule has 1 aliphatic heterocycles. The second-order valence-electron chi connectivity index (χ2n) is 4.40. The number of nitrogens with zero attached hydrogens (tertiary/aromatic N) is 2. The van der Waals surface area contributed by atoms with Gasteiger partial charge >= 0.3 is 0 Å². The van der Waals surface area contributed by atoms with E-state index in [1.807, 2.05) is 0 Å². The molecule has 0 amide bonds. The molecule has 2 aromatic rings. The number of benzene rings is 1. The van der Waals surface area contributed by atoms with Crippen LogP contribution in [0.1, 0.15) is 0 Å². The molecule has 3 rings (SSSR count). The number of rotatable bonds is 0. The Morgan fingerprint density at radius 2 is 1.43 bits per heavy atom. The highest BCUT2D eigenvalue weighted by Crippen LogP contribution is 2.34. The highest BCUT2D eigenvalue weighted by molar-refractivity contribution is 6.34. The number of hydrogen-bond acceptors (Lipinski definition) is 6. The van der Waals surface area contributed by atoms with Gasteiger partial charge in [0, 0.05) is 11.5 Å². The Bertz CT molecular complexity index is 623. The van der Waals surface area contributed by atoms with E-state index in [0.29, 0.717) is 61.8 Å². The summed E-state index contributed by atoms with van der Waals surface area (Å²) in [5.41, 5.74) is 0.710. The summed E-state index contributed by atoms with van der Waals surface area (Å²) >= 11 is 6.09. The second-order valence-corrected chi connectivity index (χ2v) is 4.76. The van der Waals surface area contributed by atoms with E-state index in [0.717, 1.165) is 5.39 Å². The van der Waals surface area contributed by atoms with Gasteiger partial charge in [0.05, 0.1) is 31.9 Å². The molecule has 0 radical (unpaired) electrons. The molecule has 0 N–H and O–H groups in total. The molecule has 0 saturated carbocycles. The average molecular weight is 311 g/mol. The first-order valence-corrected chi connectivity index (χ1v) is 7.08. The minimum Gasteiger partial charge on any atom is -0.487 e. The fraction of sp³-hybridized carbons (Fsp3) is 0.429. The summed E-state index contributed by atoms with van der Waals surface area (Å²) in [5, 5.41) is 1.11. The van der Waals surface area contributed by atoms with Gasteiger partial charge in [-0.1, -0.05) is 11.6 Å². The molecule has 0 spiro atoms. The van der Waals surface area contributed by atoms with Crippen LogP contribution >= 0.6 is 11.6 Å². The maximum Gasteiger partial charge on any atom is 0.163 e.